The molecule has 0 spiro atoms. The third kappa shape index (κ3) is 12.4. The van der Waals surface area contributed by atoms with Crippen molar-refractivity contribution < 1.29 is 24.4 Å². The topological polar surface area (TPSA) is 109 Å². The Hall–Kier alpha value is -1.42. The number of ether oxygens (including phenoxy) is 3. The van der Waals surface area contributed by atoms with E-state index in [9.17, 15) is 10.2 Å². The van der Waals surface area contributed by atoms with E-state index in [1.807, 2.05) is 6.07 Å². The number of nitrogens with one attached hydrogen (secondary N) is 1. The van der Waals surface area contributed by atoms with Crippen LogP contribution in [0.25, 0.3) is 0 Å². The lowest BCUT2D eigenvalue weighted by Crippen LogP contribution is -2.50. The minimum atomic E-state index is -0.679. The molecule has 238 valence electrons. The standard InChI is InChI=1S/C33H61N3O5/c1-8-14-36-15-12-27(13-16-36)35-33(38)28(24(4)5)22-30(37)29(34)21-26(23(2)3)19-25-10-11-31(40-7)32(20-25)41-18-9-17-39-6/h10-11,20,23-24,26-30,33,35,37-38H,8-9,12-19,21-22,34H2,1-7H3/t26-,28-,29-,30-,33?/m0/s1. The van der Waals surface area contributed by atoms with Crippen LogP contribution in [0.5, 0.6) is 11.5 Å². The van der Waals surface area contributed by atoms with Crippen molar-refractivity contribution in [3.8, 4) is 11.5 Å². The summed E-state index contributed by atoms with van der Waals surface area (Å²) >= 11 is 0. The molecule has 1 aromatic carbocycles. The van der Waals surface area contributed by atoms with Gasteiger partial charge in [0, 0.05) is 38.1 Å². The van der Waals surface area contributed by atoms with Gasteiger partial charge in [0.25, 0.3) is 0 Å². The quantitative estimate of drug-likeness (QED) is 0.133. The van der Waals surface area contributed by atoms with Gasteiger partial charge in [0.15, 0.2) is 11.5 Å². The van der Waals surface area contributed by atoms with Gasteiger partial charge in [-0.2, -0.15) is 0 Å². The van der Waals surface area contributed by atoms with Crippen LogP contribution in [0.3, 0.4) is 0 Å². The Labute approximate surface area is 250 Å². The average Bonchev–Trinajstić information content (AvgIpc) is 2.94. The van der Waals surface area contributed by atoms with Crippen LogP contribution < -0.4 is 20.5 Å². The van der Waals surface area contributed by atoms with E-state index in [1.54, 1.807) is 14.2 Å². The summed E-state index contributed by atoms with van der Waals surface area (Å²) in [6.45, 7) is 15.4. The molecule has 1 saturated heterocycles. The van der Waals surface area contributed by atoms with E-state index < -0.39 is 12.3 Å². The van der Waals surface area contributed by atoms with Crippen molar-refractivity contribution in [1.82, 2.24) is 10.2 Å². The van der Waals surface area contributed by atoms with E-state index >= 15 is 0 Å². The van der Waals surface area contributed by atoms with Crippen LogP contribution in [0.1, 0.15) is 78.7 Å². The molecule has 0 bridgehead atoms. The number of hydrogen-bond donors (Lipinski definition) is 4. The van der Waals surface area contributed by atoms with Crippen LogP contribution in [0, 0.1) is 23.7 Å². The van der Waals surface area contributed by atoms with Crippen LogP contribution in [0.2, 0.25) is 0 Å². The molecule has 2 rings (SSSR count). The van der Waals surface area contributed by atoms with Gasteiger partial charge in [0.05, 0.1) is 19.8 Å². The predicted molar refractivity (Wildman–Crippen MR) is 167 cm³/mol. The average molecular weight is 580 g/mol. The zero-order valence-electron chi connectivity index (χ0n) is 27.0. The first-order chi connectivity index (χ1) is 19.6. The number of methoxy groups -OCH3 is 2. The van der Waals surface area contributed by atoms with Crippen LogP contribution in [-0.4, -0.2) is 86.6 Å². The first kappa shape index (κ1) is 35.8. The van der Waals surface area contributed by atoms with Gasteiger partial charge in [-0.05, 0) is 93.6 Å². The number of hydrogen-bond acceptors (Lipinski definition) is 8. The summed E-state index contributed by atoms with van der Waals surface area (Å²) in [6, 6.07) is 6.06. The summed E-state index contributed by atoms with van der Waals surface area (Å²) in [4.78, 5) is 2.50. The Kier molecular flexibility index (Phi) is 16.6. The highest BCUT2D eigenvalue weighted by atomic mass is 16.5. The number of likely N-dealkylation sites (tertiary alicyclic amines) is 1. The highest BCUT2D eigenvalue weighted by Gasteiger charge is 2.31. The maximum atomic E-state index is 11.2. The molecule has 1 aliphatic heterocycles. The molecule has 0 aliphatic carbocycles. The second-order valence-electron chi connectivity index (χ2n) is 12.7. The monoisotopic (exact) mass is 579 g/mol. The minimum Gasteiger partial charge on any atom is -0.493 e. The summed E-state index contributed by atoms with van der Waals surface area (Å²) in [5, 5.41) is 25.9. The second-order valence-corrected chi connectivity index (χ2v) is 12.7. The Morgan fingerprint density at radius 1 is 1.00 bits per heavy atom. The lowest BCUT2D eigenvalue weighted by Gasteiger charge is -2.37. The third-order valence-electron chi connectivity index (χ3n) is 8.80. The highest BCUT2D eigenvalue weighted by Crippen LogP contribution is 2.32. The molecule has 8 nitrogen and oxygen atoms in total. The van der Waals surface area contributed by atoms with E-state index in [0.717, 1.165) is 62.4 Å². The van der Waals surface area contributed by atoms with Crippen molar-refractivity contribution in [3.05, 3.63) is 23.8 Å². The number of benzene rings is 1. The summed E-state index contributed by atoms with van der Waals surface area (Å²) in [5.74, 6) is 2.31. The van der Waals surface area contributed by atoms with Gasteiger partial charge in [-0.15, -0.1) is 0 Å². The smallest absolute Gasteiger partial charge is 0.161 e. The van der Waals surface area contributed by atoms with E-state index in [1.165, 1.54) is 6.42 Å². The zero-order valence-corrected chi connectivity index (χ0v) is 27.0. The largest absolute Gasteiger partial charge is 0.493 e. The number of aliphatic hydroxyl groups is 2. The predicted octanol–water partition coefficient (Wildman–Crippen LogP) is 4.45. The number of nitrogens with two attached hydrogens (primary N) is 1. The van der Waals surface area contributed by atoms with E-state index in [2.05, 4.69) is 57.0 Å². The summed E-state index contributed by atoms with van der Waals surface area (Å²) in [6.07, 6.45) is 4.78. The van der Waals surface area contributed by atoms with Gasteiger partial charge in [-0.25, -0.2) is 0 Å². The van der Waals surface area contributed by atoms with Gasteiger partial charge in [-0.3, -0.25) is 5.32 Å². The fraction of sp³-hybridized carbons (Fsp3) is 0.818. The third-order valence-corrected chi connectivity index (χ3v) is 8.80. The fourth-order valence-electron chi connectivity index (χ4n) is 5.97. The van der Waals surface area contributed by atoms with Crippen molar-refractivity contribution in [2.24, 2.45) is 29.4 Å². The molecule has 0 saturated carbocycles. The van der Waals surface area contributed by atoms with Crippen molar-refractivity contribution in [2.45, 2.75) is 104 Å². The number of rotatable bonds is 20. The lowest BCUT2D eigenvalue weighted by atomic mass is 9.80. The first-order valence-electron chi connectivity index (χ1n) is 16.0. The molecular formula is C33H61N3O5. The molecule has 0 radical (unpaired) electrons. The Morgan fingerprint density at radius 3 is 2.29 bits per heavy atom. The van der Waals surface area contributed by atoms with E-state index in [0.29, 0.717) is 43.9 Å². The molecular weight excluding hydrogens is 518 g/mol. The molecule has 5 N–H and O–H groups in total. The number of nitrogens with zero attached hydrogens (tertiary/aromatic N) is 1. The molecule has 1 heterocycles. The van der Waals surface area contributed by atoms with Crippen LogP contribution in [0.15, 0.2) is 18.2 Å². The summed E-state index contributed by atoms with van der Waals surface area (Å²) < 4.78 is 16.6. The van der Waals surface area contributed by atoms with E-state index in [-0.39, 0.29) is 17.9 Å². The molecule has 0 aromatic heterocycles. The van der Waals surface area contributed by atoms with Gasteiger partial charge in [-0.1, -0.05) is 40.7 Å². The van der Waals surface area contributed by atoms with Crippen molar-refractivity contribution in [2.75, 3.05) is 47.1 Å². The molecule has 8 heteroatoms. The Balaban J connectivity index is 1.96. The second kappa shape index (κ2) is 19.0. The fourth-order valence-corrected chi connectivity index (χ4v) is 5.97. The highest BCUT2D eigenvalue weighted by molar-refractivity contribution is 5.43. The van der Waals surface area contributed by atoms with E-state index in [4.69, 9.17) is 19.9 Å². The molecule has 1 unspecified atom stereocenters. The van der Waals surface area contributed by atoms with Gasteiger partial charge < -0.3 is 35.1 Å². The van der Waals surface area contributed by atoms with Gasteiger partial charge >= 0.3 is 0 Å². The van der Waals surface area contributed by atoms with Gasteiger partial charge in [0.2, 0.25) is 0 Å². The Morgan fingerprint density at radius 2 is 1.71 bits per heavy atom. The number of aliphatic hydroxyl groups excluding tert-OH is 2. The van der Waals surface area contributed by atoms with Crippen LogP contribution in [-0.2, 0) is 11.2 Å². The van der Waals surface area contributed by atoms with Crippen molar-refractivity contribution in [1.29, 1.82) is 0 Å². The molecule has 0 amide bonds. The SMILES string of the molecule is CCCN1CCC(NC(O)[C@@H](C[C@H](O)[C@@H](N)C[C@H](Cc2ccc(OC)c(OCCCOC)c2)C(C)C)C(C)C)CC1. The normalized spacial score (nSPS) is 18.8. The summed E-state index contributed by atoms with van der Waals surface area (Å²) in [5.41, 5.74) is 7.81. The molecule has 1 fully saturated rings. The minimum absolute atomic E-state index is 0.0679. The van der Waals surface area contributed by atoms with Crippen LogP contribution in [0.4, 0.5) is 0 Å². The maximum absolute atomic E-state index is 11.2. The molecule has 1 aliphatic rings. The molecule has 41 heavy (non-hydrogen) atoms. The molecule has 5 atom stereocenters. The number of piperidine rings is 1. The molecule has 1 aromatic rings. The van der Waals surface area contributed by atoms with Crippen molar-refractivity contribution >= 4 is 0 Å². The van der Waals surface area contributed by atoms with Crippen LogP contribution >= 0.6 is 0 Å². The lowest BCUT2D eigenvalue weighted by molar-refractivity contribution is -0.00229. The zero-order chi connectivity index (χ0) is 30.4. The van der Waals surface area contributed by atoms with Crippen molar-refractivity contribution in [3.63, 3.8) is 0 Å². The Bertz CT molecular complexity index is 831. The summed E-state index contributed by atoms with van der Waals surface area (Å²) in [7, 11) is 3.34. The maximum Gasteiger partial charge on any atom is 0.161 e. The first-order valence-corrected chi connectivity index (χ1v) is 16.0. The van der Waals surface area contributed by atoms with Gasteiger partial charge in [0.1, 0.15) is 6.23 Å².